The molecule has 2 aromatic rings. The van der Waals surface area contributed by atoms with Gasteiger partial charge in [-0.05, 0) is 42.7 Å². The molecule has 3 rings (SSSR count). The summed E-state index contributed by atoms with van der Waals surface area (Å²) in [6.07, 6.45) is 1.78. The van der Waals surface area contributed by atoms with Crippen molar-refractivity contribution in [2.75, 3.05) is 13.1 Å². The molecule has 0 saturated carbocycles. The number of carbonyl (C=O) groups excluding carboxylic acids is 1. The van der Waals surface area contributed by atoms with Crippen LogP contribution < -0.4 is 0 Å². The number of hydrogen-bond acceptors (Lipinski definition) is 4. The first kappa shape index (κ1) is 16.7. The molecule has 126 valence electrons. The van der Waals surface area contributed by atoms with Crippen molar-refractivity contribution in [1.82, 2.24) is 4.31 Å². The Morgan fingerprint density at radius 2 is 1.58 bits per heavy atom. The monoisotopic (exact) mass is 345 g/mol. The number of esters is 1. The second-order valence-corrected chi connectivity index (χ2v) is 7.64. The van der Waals surface area contributed by atoms with Crippen molar-refractivity contribution in [2.45, 2.75) is 24.3 Å². The molecular formula is C18H19NO4S. The van der Waals surface area contributed by atoms with Crippen LogP contribution in [-0.4, -0.2) is 31.8 Å². The van der Waals surface area contributed by atoms with E-state index in [0.29, 0.717) is 18.7 Å². The first-order valence-electron chi connectivity index (χ1n) is 7.89. The highest BCUT2D eigenvalue weighted by molar-refractivity contribution is 7.89. The topological polar surface area (TPSA) is 63.7 Å². The Morgan fingerprint density at radius 1 is 0.958 bits per heavy atom. The molecule has 0 atom stereocenters. The van der Waals surface area contributed by atoms with E-state index < -0.39 is 16.0 Å². The van der Waals surface area contributed by atoms with Gasteiger partial charge in [-0.25, -0.2) is 13.2 Å². The molecule has 2 aromatic carbocycles. The third-order valence-corrected chi connectivity index (χ3v) is 5.92. The zero-order chi connectivity index (χ0) is 17.0. The van der Waals surface area contributed by atoms with Crippen LogP contribution in [0.25, 0.3) is 0 Å². The van der Waals surface area contributed by atoms with Crippen molar-refractivity contribution in [2.24, 2.45) is 0 Å². The molecule has 1 aliphatic rings. The van der Waals surface area contributed by atoms with E-state index in [0.717, 1.165) is 18.4 Å². The van der Waals surface area contributed by atoms with Crippen molar-refractivity contribution in [3.63, 3.8) is 0 Å². The van der Waals surface area contributed by atoms with Crippen LogP contribution >= 0.6 is 0 Å². The minimum absolute atomic E-state index is 0.188. The molecule has 0 spiro atoms. The summed E-state index contributed by atoms with van der Waals surface area (Å²) in [5, 5.41) is 0. The summed E-state index contributed by atoms with van der Waals surface area (Å²) in [7, 11) is -3.46. The van der Waals surface area contributed by atoms with E-state index in [9.17, 15) is 13.2 Å². The average Bonchev–Trinajstić information content (AvgIpc) is 3.16. The normalized spacial score (nSPS) is 15.3. The minimum Gasteiger partial charge on any atom is -0.457 e. The van der Waals surface area contributed by atoms with Gasteiger partial charge in [-0.2, -0.15) is 4.31 Å². The number of hydrogen-bond donors (Lipinski definition) is 0. The van der Waals surface area contributed by atoms with Gasteiger partial charge in [0.15, 0.2) is 0 Å². The van der Waals surface area contributed by atoms with E-state index in [2.05, 4.69) is 0 Å². The van der Waals surface area contributed by atoms with Gasteiger partial charge >= 0.3 is 5.97 Å². The predicted molar refractivity (Wildman–Crippen MR) is 90.0 cm³/mol. The van der Waals surface area contributed by atoms with Crippen molar-refractivity contribution >= 4 is 16.0 Å². The van der Waals surface area contributed by atoms with Gasteiger partial charge in [0.2, 0.25) is 10.0 Å². The van der Waals surface area contributed by atoms with E-state index >= 15 is 0 Å². The first-order valence-corrected chi connectivity index (χ1v) is 9.33. The van der Waals surface area contributed by atoms with Gasteiger partial charge in [-0.1, -0.05) is 30.3 Å². The van der Waals surface area contributed by atoms with Gasteiger partial charge in [0.25, 0.3) is 0 Å². The van der Waals surface area contributed by atoms with Gasteiger partial charge in [0, 0.05) is 13.1 Å². The van der Waals surface area contributed by atoms with Crippen LogP contribution in [0, 0.1) is 0 Å². The highest BCUT2D eigenvalue weighted by Crippen LogP contribution is 2.21. The average molecular weight is 345 g/mol. The fourth-order valence-electron chi connectivity index (χ4n) is 2.65. The fourth-order valence-corrected chi connectivity index (χ4v) is 4.16. The van der Waals surface area contributed by atoms with E-state index in [1.807, 2.05) is 30.3 Å². The molecule has 1 saturated heterocycles. The first-order chi connectivity index (χ1) is 11.6. The number of carbonyl (C=O) groups is 1. The third kappa shape index (κ3) is 3.66. The molecule has 1 aliphatic heterocycles. The smallest absolute Gasteiger partial charge is 0.338 e. The molecule has 24 heavy (non-hydrogen) atoms. The molecule has 6 heteroatoms. The summed E-state index contributed by atoms with van der Waals surface area (Å²) in [4.78, 5) is 12.3. The van der Waals surface area contributed by atoms with E-state index in [1.165, 1.54) is 28.6 Å². The molecule has 1 fully saturated rings. The van der Waals surface area contributed by atoms with E-state index in [4.69, 9.17) is 4.74 Å². The Balaban J connectivity index is 1.66. The Bertz CT molecular complexity index is 795. The lowest BCUT2D eigenvalue weighted by Gasteiger charge is -2.15. The molecule has 0 unspecified atom stereocenters. The number of rotatable bonds is 5. The van der Waals surface area contributed by atoms with Crippen molar-refractivity contribution in [1.29, 1.82) is 0 Å². The molecule has 0 bridgehead atoms. The lowest BCUT2D eigenvalue weighted by molar-refractivity contribution is 0.0472. The van der Waals surface area contributed by atoms with Crippen LogP contribution in [-0.2, 0) is 21.4 Å². The molecule has 1 heterocycles. The van der Waals surface area contributed by atoms with Crippen molar-refractivity contribution < 1.29 is 17.9 Å². The standard InChI is InChI=1S/C18H19NO4S/c20-18(23-14-15-6-2-1-3-7-15)16-8-10-17(11-9-16)24(21,22)19-12-4-5-13-19/h1-3,6-11H,4-5,12-14H2. The van der Waals surface area contributed by atoms with E-state index in [1.54, 1.807) is 0 Å². The van der Waals surface area contributed by atoms with Crippen LogP contribution in [0.5, 0.6) is 0 Å². The molecule has 0 aliphatic carbocycles. The fraction of sp³-hybridized carbons (Fsp3) is 0.278. The Hall–Kier alpha value is -2.18. The summed E-state index contributed by atoms with van der Waals surface area (Å²) in [6.45, 7) is 1.31. The number of sulfonamides is 1. The maximum absolute atomic E-state index is 12.4. The van der Waals surface area contributed by atoms with Crippen LogP contribution in [0.15, 0.2) is 59.5 Å². The van der Waals surface area contributed by atoms with Crippen LogP contribution in [0.4, 0.5) is 0 Å². The number of benzene rings is 2. The minimum atomic E-state index is -3.46. The van der Waals surface area contributed by atoms with Crippen LogP contribution in [0.2, 0.25) is 0 Å². The van der Waals surface area contributed by atoms with Crippen LogP contribution in [0.3, 0.4) is 0 Å². The lowest BCUT2D eigenvalue weighted by Crippen LogP contribution is -2.27. The summed E-state index contributed by atoms with van der Waals surface area (Å²) in [5.41, 5.74) is 1.24. The van der Waals surface area contributed by atoms with Gasteiger partial charge in [0.1, 0.15) is 6.61 Å². The maximum atomic E-state index is 12.4. The van der Waals surface area contributed by atoms with Crippen molar-refractivity contribution in [3.8, 4) is 0 Å². The second-order valence-electron chi connectivity index (χ2n) is 5.70. The quantitative estimate of drug-likeness (QED) is 0.782. The molecule has 0 radical (unpaired) electrons. The zero-order valence-corrected chi connectivity index (χ0v) is 14.0. The van der Waals surface area contributed by atoms with E-state index in [-0.39, 0.29) is 11.5 Å². The van der Waals surface area contributed by atoms with Crippen molar-refractivity contribution in [3.05, 3.63) is 65.7 Å². The maximum Gasteiger partial charge on any atom is 0.338 e. The summed E-state index contributed by atoms with van der Waals surface area (Å²) in [6, 6.07) is 15.3. The van der Waals surface area contributed by atoms with Gasteiger partial charge in [-0.15, -0.1) is 0 Å². The SMILES string of the molecule is O=C(OCc1ccccc1)c1ccc(S(=O)(=O)N2CCCC2)cc1. The molecular weight excluding hydrogens is 326 g/mol. The van der Waals surface area contributed by atoms with Crippen LogP contribution in [0.1, 0.15) is 28.8 Å². The van der Waals surface area contributed by atoms with Gasteiger partial charge in [-0.3, -0.25) is 0 Å². The second kappa shape index (κ2) is 7.15. The third-order valence-electron chi connectivity index (χ3n) is 4.01. The Morgan fingerprint density at radius 3 is 2.21 bits per heavy atom. The molecule has 0 amide bonds. The Labute approximate surface area is 141 Å². The van der Waals surface area contributed by atoms with Gasteiger partial charge < -0.3 is 4.74 Å². The lowest BCUT2D eigenvalue weighted by atomic mass is 10.2. The number of nitrogens with zero attached hydrogens (tertiary/aromatic N) is 1. The molecule has 0 aromatic heterocycles. The summed E-state index contributed by atoms with van der Waals surface area (Å²) >= 11 is 0. The highest BCUT2D eigenvalue weighted by Gasteiger charge is 2.27. The summed E-state index contributed by atoms with van der Waals surface area (Å²) < 4.78 is 31.6. The number of ether oxygens (including phenoxy) is 1. The largest absolute Gasteiger partial charge is 0.457 e. The zero-order valence-electron chi connectivity index (χ0n) is 13.2. The highest BCUT2D eigenvalue weighted by atomic mass is 32.2. The predicted octanol–water partition coefficient (Wildman–Crippen LogP) is 2.83. The summed E-state index contributed by atoms with van der Waals surface area (Å²) in [5.74, 6) is -0.469. The molecule has 5 nitrogen and oxygen atoms in total. The molecule has 0 N–H and O–H groups in total. The van der Waals surface area contributed by atoms with Gasteiger partial charge in [0.05, 0.1) is 10.5 Å². The Kier molecular flexibility index (Phi) is 4.97.